The molecule has 0 amide bonds. The van der Waals surface area contributed by atoms with Crippen LogP contribution in [0.5, 0.6) is 23.0 Å². The van der Waals surface area contributed by atoms with Crippen LogP contribution in [0.1, 0.15) is 144 Å². The molecule has 5 aromatic rings. The summed E-state index contributed by atoms with van der Waals surface area (Å²) in [5.74, 6) is 5.04. The second kappa shape index (κ2) is 30.4. The Morgan fingerprint density at radius 3 is 1.23 bits per heavy atom. The molecule has 0 atom stereocenters. The van der Waals surface area contributed by atoms with Crippen molar-refractivity contribution in [1.29, 1.82) is 5.26 Å². The van der Waals surface area contributed by atoms with Crippen molar-refractivity contribution in [3.8, 4) is 51.3 Å². The Bertz CT molecular complexity index is 2510. The van der Waals surface area contributed by atoms with Gasteiger partial charge in [0.1, 0.15) is 11.5 Å². The van der Waals surface area contributed by atoms with Crippen LogP contribution < -0.4 is 18.9 Å². The summed E-state index contributed by atoms with van der Waals surface area (Å²) in [6.45, 7) is 10.2. The van der Waals surface area contributed by atoms with Crippen LogP contribution >= 0.6 is 0 Å². The molecule has 7 rings (SSSR count). The monoisotopic (exact) mass is 1000 g/mol. The van der Waals surface area contributed by atoms with Crippen molar-refractivity contribution < 1.29 is 38.0 Å². The van der Waals surface area contributed by atoms with Gasteiger partial charge in [-0.3, -0.25) is 0 Å². The zero-order valence-electron chi connectivity index (χ0n) is 43.5. The molecule has 2 fully saturated rings. The number of ether oxygens (including phenoxy) is 6. The van der Waals surface area contributed by atoms with Gasteiger partial charge in [0.25, 0.3) is 0 Å². The maximum absolute atomic E-state index is 11.1. The van der Waals surface area contributed by atoms with Gasteiger partial charge in [0, 0.05) is 18.2 Å². The van der Waals surface area contributed by atoms with E-state index >= 15 is 0 Å². The second-order valence-corrected chi connectivity index (χ2v) is 20.0. The molecule has 0 aliphatic heterocycles. The normalized spacial score (nSPS) is 17.3. The standard InChI is InChI=1S/C65H77NO8/c1-3-64(67)73-43-9-5-7-41-69-60-36-32-58(33-37-60)56-28-24-54(25-29-56)52-20-15-49(16-21-52)13-11-45-71-62-40-19-51(48-66)47-63(62)72-46-12-14-50-17-22-53(23-18-50)55-26-30-57(31-27-55)59-34-38-61(39-35-59)70-42-8-6-10-44-74-65(68)4-2/h3-4,19,24-40,47,49-50,52-53H,1-2,5-18,20-23,41-46H2. The van der Waals surface area contributed by atoms with Gasteiger partial charge >= 0.3 is 11.9 Å². The molecule has 0 heterocycles. The average Bonchev–Trinajstić information content (AvgIpc) is 3.45. The van der Waals surface area contributed by atoms with Gasteiger partial charge in [0.2, 0.25) is 0 Å². The number of hydrogen-bond donors (Lipinski definition) is 0. The molecule has 9 nitrogen and oxygen atoms in total. The number of unbranched alkanes of at least 4 members (excludes halogenated alkanes) is 4. The molecular formula is C65H77NO8. The Hall–Kier alpha value is -6.79. The zero-order chi connectivity index (χ0) is 51.6. The van der Waals surface area contributed by atoms with E-state index in [0.29, 0.717) is 68.7 Å². The maximum atomic E-state index is 11.1. The first-order chi connectivity index (χ1) is 36.4. The van der Waals surface area contributed by atoms with E-state index in [-0.39, 0.29) is 11.9 Å². The van der Waals surface area contributed by atoms with Crippen molar-refractivity contribution in [3.05, 3.63) is 157 Å². The highest BCUT2D eigenvalue weighted by Crippen LogP contribution is 2.40. The van der Waals surface area contributed by atoms with Crippen molar-refractivity contribution >= 4 is 11.9 Å². The van der Waals surface area contributed by atoms with E-state index in [0.717, 1.165) is 87.4 Å². The fourth-order valence-corrected chi connectivity index (χ4v) is 10.5. The summed E-state index contributed by atoms with van der Waals surface area (Å²) in [7, 11) is 0. The minimum absolute atomic E-state index is 0.372. The molecule has 5 aromatic carbocycles. The van der Waals surface area contributed by atoms with E-state index < -0.39 is 0 Å². The fourth-order valence-electron chi connectivity index (χ4n) is 10.5. The molecule has 0 spiro atoms. The number of carbonyl (C=O) groups excluding carboxylic acids is 2. The number of carbonyl (C=O) groups is 2. The van der Waals surface area contributed by atoms with Gasteiger partial charge in [-0.25, -0.2) is 9.59 Å². The molecule has 0 unspecified atom stereocenters. The van der Waals surface area contributed by atoms with Gasteiger partial charge in [0.15, 0.2) is 11.5 Å². The van der Waals surface area contributed by atoms with Crippen molar-refractivity contribution in [3.63, 3.8) is 0 Å². The zero-order valence-corrected chi connectivity index (χ0v) is 43.5. The molecule has 390 valence electrons. The third-order valence-corrected chi connectivity index (χ3v) is 14.9. The van der Waals surface area contributed by atoms with E-state index in [4.69, 9.17) is 28.4 Å². The summed E-state index contributed by atoms with van der Waals surface area (Å²) in [6.07, 6.45) is 21.8. The molecule has 0 saturated heterocycles. The van der Waals surface area contributed by atoms with E-state index in [1.807, 2.05) is 42.5 Å². The minimum atomic E-state index is -0.372. The molecule has 0 bridgehead atoms. The molecule has 2 aliphatic rings. The number of benzene rings is 5. The Balaban J connectivity index is 0.741. The fraction of sp³-hybridized carbons (Fsp3) is 0.431. The SMILES string of the molecule is C=CC(=O)OCCCCCOc1ccc(-c2ccc(C3CCC(CCCOc4ccc(C#N)cc4OCCCC4CCC(c5ccc(-c6ccc(OCCCCCOC(=O)C=C)cc6)cc5)CC4)CC3)cc2)cc1. The third kappa shape index (κ3) is 18.0. The first-order valence-electron chi connectivity index (χ1n) is 27.4. The van der Waals surface area contributed by atoms with E-state index in [1.165, 1.54) is 96.9 Å². The largest absolute Gasteiger partial charge is 0.494 e. The number of hydrogen-bond acceptors (Lipinski definition) is 9. The Kier molecular flexibility index (Phi) is 22.6. The van der Waals surface area contributed by atoms with Crippen molar-refractivity contribution in [2.45, 2.75) is 127 Å². The second-order valence-electron chi connectivity index (χ2n) is 20.0. The van der Waals surface area contributed by atoms with Crippen molar-refractivity contribution in [1.82, 2.24) is 0 Å². The lowest BCUT2D eigenvalue weighted by atomic mass is 9.77. The molecule has 0 aromatic heterocycles. The van der Waals surface area contributed by atoms with Gasteiger partial charge in [-0.2, -0.15) is 5.26 Å². The summed E-state index contributed by atoms with van der Waals surface area (Å²) >= 11 is 0. The molecule has 2 saturated carbocycles. The predicted molar refractivity (Wildman–Crippen MR) is 295 cm³/mol. The maximum Gasteiger partial charge on any atom is 0.330 e. The lowest BCUT2D eigenvalue weighted by Gasteiger charge is -2.29. The first-order valence-corrected chi connectivity index (χ1v) is 27.4. The van der Waals surface area contributed by atoms with Crippen LogP contribution in [0.25, 0.3) is 22.3 Å². The highest BCUT2D eigenvalue weighted by Gasteiger charge is 2.24. The topological polar surface area (TPSA) is 113 Å². The summed E-state index contributed by atoms with van der Waals surface area (Å²) in [5, 5.41) is 9.64. The Morgan fingerprint density at radius 2 is 0.824 bits per heavy atom. The summed E-state index contributed by atoms with van der Waals surface area (Å²) in [6, 6.07) is 42.7. The van der Waals surface area contributed by atoms with Gasteiger partial charge in [-0.05, 0) is 209 Å². The molecule has 0 radical (unpaired) electrons. The van der Waals surface area contributed by atoms with E-state index in [1.54, 1.807) is 0 Å². The summed E-state index contributed by atoms with van der Waals surface area (Å²) in [5.41, 5.74) is 8.25. The third-order valence-electron chi connectivity index (χ3n) is 14.9. The van der Waals surface area contributed by atoms with Crippen LogP contribution in [0.15, 0.2) is 141 Å². The van der Waals surface area contributed by atoms with Crippen LogP contribution in [0.4, 0.5) is 0 Å². The first kappa shape index (κ1) is 55.0. The van der Waals surface area contributed by atoms with Crippen molar-refractivity contribution in [2.24, 2.45) is 11.8 Å². The van der Waals surface area contributed by atoms with Crippen molar-refractivity contribution in [2.75, 3.05) is 39.6 Å². The van der Waals surface area contributed by atoms with Gasteiger partial charge in [0.05, 0.1) is 51.3 Å². The highest BCUT2D eigenvalue weighted by atomic mass is 16.5. The minimum Gasteiger partial charge on any atom is -0.494 e. The Morgan fingerprint density at radius 1 is 0.446 bits per heavy atom. The van der Waals surface area contributed by atoms with E-state index in [2.05, 4.69) is 92.0 Å². The van der Waals surface area contributed by atoms with Crippen LogP contribution in [0.2, 0.25) is 0 Å². The summed E-state index contributed by atoms with van der Waals surface area (Å²) < 4.78 is 34.5. The average molecular weight is 1000 g/mol. The molecule has 9 heteroatoms. The number of rotatable bonds is 30. The van der Waals surface area contributed by atoms with Crippen LogP contribution in [-0.4, -0.2) is 51.6 Å². The van der Waals surface area contributed by atoms with Gasteiger partial charge in [-0.15, -0.1) is 0 Å². The molecule has 0 N–H and O–H groups in total. The predicted octanol–water partition coefficient (Wildman–Crippen LogP) is 15.7. The number of nitrogens with zero attached hydrogens (tertiary/aromatic N) is 1. The molecule has 74 heavy (non-hydrogen) atoms. The molecular weight excluding hydrogens is 923 g/mol. The smallest absolute Gasteiger partial charge is 0.330 e. The number of esters is 2. The van der Waals surface area contributed by atoms with Crippen LogP contribution in [0, 0.1) is 23.2 Å². The lowest BCUT2D eigenvalue weighted by Crippen LogP contribution is -2.14. The number of nitriles is 1. The lowest BCUT2D eigenvalue weighted by molar-refractivity contribution is -0.138. The van der Waals surface area contributed by atoms with Crippen LogP contribution in [0.3, 0.4) is 0 Å². The van der Waals surface area contributed by atoms with E-state index in [9.17, 15) is 14.9 Å². The molecule has 2 aliphatic carbocycles. The summed E-state index contributed by atoms with van der Waals surface area (Å²) in [4.78, 5) is 22.3. The highest BCUT2D eigenvalue weighted by molar-refractivity contribution is 5.81. The van der Waals surface area contributed by atoms with Gasteiger partial charge in [-0.1, -0.05) is 86.0 Å². The van der Waals surface area contributed by atoms with Gasteiger partial charge < -0.3 is 28.4 Å². The quantitative estimate of drug-likeness (QED) is 0.0252. The van der Waals surface area contributed by atoms with Crippen LogP contribution in [-0.2, 0) is 19.1 Å². The Labute approximate surface area is 440 Å².